The van der Waals surface area contributed by atoms with Crippen LogP contribution in [0.15, 0.2) is 34.7 Å². The maximum Gasteiger partial charge on any atom is 0.354 e. The molecule has 9 nitrogen and oxygen atoms in total. The quantitative estimate of drug-likeness (QED) is 0.456. The number of carbonyl (C=O) groups is 3. The molecule has 0 N–H and O–H groups in total. The first kappa shape index (κ1) is 17.0. The standard InChI is InChI=1S/C15H13ClN4O5/c1-2-25-13(22)11-7-15(20(17-11)18-24)8-12(21)19(14(15)23)10-5-3-4-9(16)6-10/h3-6H,2,7-8H2,1H3/t15-/m0/s1. The molecule has 0 radical (unpaired) electrons. The molecule has 2 amide bonds. The van der Waals surface area contributed by atoms with Gasteiger partial charge in [-0.3, -0.25) is 9.59 Å². The molecule has 2 heterocycles. The van der Waals surface area contributed by atoms with Crippen LogP contribution in [0.5, 0.6) is 0 Å². The average molecular weight is 365 g/mol. The molecule has 1 atom stereocenters. The van der Waals surface area contributed by atoms with E-state index < -0.39 is 23.3 Å². The zero-order valence-corrected chi connectivity index (χ0v) is 13.9. The van der Waals surface area contributed by atoms with Crippen molar-refractivity contribution in [1.29, 1.82) is 0 Å². The number of nitroso groups, excluding NO2 is 1. The number of imide groups is 1. The number of hydrazone groups is 1. The van der Waals surface area contributed by atoms with Crippen LogP contribution in [0.3, 0.4) is 0 Å². The second-order valence-corrected chi connectivity index (χ2v) is 5.97. The Morgan fingerprint density at radius 1 is 1.40 bits per heavy atom. The van der Waals surface area contributed by atoms with Gasteiger partial charge in [-0.1, -0.05) is 17.7 Å². The fourth-order valence-electron chi connectivity index (χ4n) is 2.91. The van der Waals surface area contributed by atoms with Crippen LogP contribution in [-0.4, -0.2) is 40.8 Å². The van der Waals surface area contributed by atoms with Gasteiger partial charge in [-0.25, -0.2) is 9.69 Å². The summed E-state index contributed by atoms with van der Waals surface area (Å²) in [5.74, 6) is -1.99. The highest BCUT2D eigenvalue weighted by molar-refractivity contribution is 6.39. The highest BCUT2D eigenvalue weighted by Gasteiger charge is 2.61. The van der Waals surface area contributed by atoms with Gasteiger partial charge in [0.25, 0.3) is 5.91 Å². The van der Waals surface area contributed by atoms with Crippen LogP contribution in [0.2, 0.25) is 5.02 Å². The van der Waals surface area contributed by atoms with Gasteiger partial charge in [0, 0.05) is 11.4 Å². The molecule has 25 heavy (non-hydrogen) atoms. The summed E-state index contributed by atoms with van der Waals surface area (Å²) in [6.45, 7) is 1.73. The number of anilines is 1. The number of rotatable bonds is 4. The van der Waals surface area contributed by atoms with Crippen LogP contribution < -0.4 is 4.90 Å². The summed E-state index contributed by atoms with van der Waals surface area (Å²) < 4.78 is 4.84. The minimum atomic E-state index is -1.65. The summed E-state index contributed by atoms with van der Waals surface area (Å²) in [5.41, 5.74) is -1.51. The topological polar surface area (TPSA) is 109 Å². The maximum absolute atomic E-state index is 12.9. The minimum Gasteiger partial charge on any atom is -0.461 e. The summed E-state index contributed by atoms with van der Waals surface area (Å²) in [6, 6.07) is 6.19. The summed E-state index contributed by atoms with van der Waals surface area (Å²) in [7, 11) is 0. The van der Waals surface area contributed by atoms with E-state index in [1.807, 2.05) is 0 Å². The monoisotopic (exact) mass is 364 g/mol. The molecule has 0 saturated carbocycles. The van der Waals surface area contributed by atoms with Gasteiger partial charge in [0.05, 0.1) is 24.0 Å². The average Bonchev–Trinajstić information content (AvgIpc) is 3.06. The number of amides is 2. The van der Waals surface area contributed by atoms with Crippen molar-refractivity contribution in [3.8, 4) is 0 Å². The predicted octanol–water partition coefficient (Wildman–Crippen LogP) is 1.65. The Kier molecular flexibility index (Phi) is 4.25. The van der Waals surface area contributed by atoms with Crippen molar-refractivity contribution in [3.05, 3.63) is 34.2 Å². The van der Waals surface area contributed by atoms with Gasteiger partial charge in [-0.15, -0.1) is 15.1 Å². The van der Waals surface area contributed by atoms with E-state index in [-0.39, 0.29) is 30.8 Å². The van der Waals surface area contributed by atoms with E-state index in [2.05, 4.69) is 10.4 Å². The molecule has 0 unspecified atom stereocenters. The highest BCUT2D eigenvalue weighted by atomic mass is 35.5. The molecule has 2 aliphatic rings. The van der Waals surface area contributed by atoms with Crippen molar-refractivity contribution in [1.82, 2.24) is 5.12 Å². The number of carbonyl (C=O) groups excluding carboxylic acids is 3. The van der Waals surface area contributed by atoms with Gasteiger partial charge in [0.15, 0.2) is 11.3 Å². The summed E-state index contributed by atoms with van der Waals surface area (Å²) in [4.78, 5) is 49.4. The van der Waals surface area contributed by atoms with E-state index in [1.165, 1.54) is 6.07 Å². The number of hydrogen-bond donors (Lipinski definition) is 0. The Hall–Kier alpha value is -2.81. The van der Waals surface area contributed by atoms with Gasteiger partial charge >= 0.3 is 5.97 Å². The Balaban J connectivity index is 1.95. The summed E-state index contributed by atoms with van der Waals surface area (Å²) >= 11 is 5.91. The lowest BCUT2D eigenvalue weighted by Gasteiger charge is -2.24. The maximum atomic E-state index is 12.9. The van der Waals surface area contributed by atoms with Gasteiger partial charge in [-0.2, -0.15) is 0 Å². The van der Waals surface area contributed by atoms with Crippen molar-refractivity contribution >= 4 is 40.8 Å². The normalized spacial score (nSPS) is 22.6. The van der Waals surface area contributed by atoms with Gasteiger partial charge in [-0.05, 0) is 25.1 Å². The number of ether oxygens (including phenoxy) is 1. The van der Waals surface area contributed by atoms with E-state index in [1.54, 1.807) is 25.1 Å². The predicted molar refractivity (Wildman–Crippen MR) is 87.6 cm³/mol. The fraction of sp³-hybridized carbons (Fsp3) is 0.333. The summed E-state index contributed by atoms with van der Waals surface area (Å²) in [5, 5.41) is 7.40. The Morgan fingerprint density at radius 2 is 2.16 bits per heavy atom. The number of esters is 1. The molecule has 3 rings (SSSR count). The van der Waals surface area contributed by atoms with Gasteiger partial charge < -0.3 is 4.74 Å². The minimum absolute atomic E-state index is 0.112. The third kappa shape index (κ3) is 2.66. The molecule has 1 saturated heterocycles. The number of benzene rings is 1. The molecule has 1 fully saturated rings. The molecular formula is C15H13ClN4O5. The molecular weight excluding hydrogens is 352 g/mol. The first-order chi connectivity index (χ1) is 11.9. The largest absolute Gasteiger partial charge is 0.461 e. The van der Waals surface area contributed by atoms with Gasteiger partial charge in [0.2, 0.25) is 5.91 Å². The molecule has 0 aliphatic carbocycles. The third-order valence-electron chi connectivity index (χ3n) is 4.01. The van der Waals surface area contributed by atoms with Crippen LogP contribution in [0.25, 0.3) is 0 Å². The van der Waals surface area contributed by atoms with Crippen molar-refractivity contribution in [2.75, 3.05) is 11.5 Å². The molecule has 1 aromatic carbocycles. The number of hydrogen-bond acceptors (Lipinski definition) is 7. The van der Waals surface area contributed by atoms with Crippen LogP contribution in [0, 0.1) is 4.91 Å². The smallest absolute Gasteiger partial charge is 0.354 e. The second kappa shape index (κ2) is 6.25. The molecule has 0 aromatic heterocycles. The molecule has 1 aromatic rings. The first-order valence-electron chi connectivity index (χ1n) is 7.44. The molecule has 2 aliphatic heterocycles. The van der Waals surface area contributed by atoms with Crippen LogP contribution >= 0.6 is 11.6 Å². The van der Waals surface area contributed by atoms with E-state index in [9.17, 15) is 19.3 Å². The molecule has 130 valence electrons. The molecule has 0 bridgehead atoms. The fourth-order valence-corrected chi connectivity index (χ4v) is 3.10. The van der Waals surface area contributed by atoms with Crippen molar-refractivity contribution in [2.45, 2.75) is 25.3 Å². The number of nitrogens with zero attached hydrogens (tertiary/aromatic N) is 4. The molecule has 1 spiro atoms. The summed E-state index contributed by atoms with van der Waals surface area (Å²) in [6.07, 6.45) is -0.574. The van der Waals surface area contributed by atoms with Crippen molar-refractivity contribution in [3.63, 3.8) is 0 Å². The van der Waals surface area contributed by atoms with Crippen LogP contribution in [0.1, 0.15) is 19.8 Å². The van der Waals surface area contributed by atoms with E-state index in [0.29, 0.717) is 10.1 Å². The zero-order valence-electron chi connectivity index (χ0n) is 13.1. The number of halogens is 1. The highest BCUT2D eigenvalue weighted by Crippen LogP contribution is 2.41. The Bertz CT molecular complexity index is 811. The SMILES string of the molecule is CCOC(=O)C1=NN(N=O)[C@]2(CC(=O)N(c3cccc(Cl)c3)C2=O)C1. The van der Waals surface area contributed by atoms with Gasteiger partial charge in [0.1, 0.15) is 0 Å². The van der Waals surface area contributed by atoms with Crippen LogP contribution in [-0.2, 0) is 19.1 Å². The van der Waals surface area contributed by atoms with E-state index in [4.69, 9.17) is 16.3 Å². The zero-order chi connectivity index (χ0) is 18.2. The lowest BCUT2D eigenvalue weighted by Crippen LogP contribution is -2.48. The molecule has 10 heteroatoms. The second-order valence-electron chi connectivity index (χ2n) is 5.54. The lowest BCUT2D eigenvalue weighted by atomic mass is 9.92. The van der Waals surface area contributed by atoms with E-state index in [0.717, 1.165) is 4.90 Å². The van der Waals surface area contributed by atoms with E-state index >= 15 is 0 Å². The van der Waals surface area contributed by atoms with Crippen molar-refractivity contribution in [2.24, 2.45) is 10.4 Å². The van der Waals surface area contributed by atoms with Crippen molar-refractivity contribution < 1.29 is 19.1 Å². The lowest BCUT2D eigenvalue weighted by molar-refractivity contribution is -0.135. The Morgan fingerprint density at radius 3 is 2.80 bits per heavy atom. The Labute approximate surface area is 147 Å². The third-order valence-corrected chi connectivity index (χ3v) is 4.24. The first-order valence-corrected chi connectivity index (χ1v) is 7.82. The van der Waals surface area contributed by atoms with Crippen LogP contribution in [0.4, 0.5) is 5.69 Å².